The van der Waals surface area contributed by atoms with E-state index in [-0.39, 0.29) is 17.2 Å². The highest BCUT2D eigenvalue weighted by Crippen LogP contribution is 2.30. The van der Waals surface area contributed by atoms with Crippen molar-refractivity contribution in [2.45, 2.75) is 18.9 Å². The van der Waals surface area contributed by atoms with E-state index < -0.39 is 5.82 Å². The first kappa shape index (κ1) is 27.0. The smallest absolute Gasteiger partial charge is 0.231 e. The Bertz CT molecular complexity index is 1940. The summed E-state index contributed by atoms with van der Waals surface area (Å²) in [6.07, 6.45) is 3.13. The molecule has 42 heavy (non-hydrogen) atoms. The Morgan fingerprint density at radius 3 is 2.67 bits per heavy atom. The summed E-state index contributed by atoms with van der Waals surface area (Å²) in [5, 5.41) is 10.4. The van der Waals surface area contributed by atoms with E-state index in [1.54, 1.807) is 55.8 Å². The molecule has 6 rings (SSSR count). The Kier molecular flexibility index (Phi) is 7.32. The molecule has 0 atom stereocenters. The molecule has 0 fully saturated rings. The maximum Gasteiger partial charge on any atom is 0.231 e. The highest BCUT2D eigenvalue weighted by Gasteiger charge is 2.18. The maximum atomic E-state index is 14.0. The number of nitrogens with zero attached hydrogens (tertiary/aromatic N) is 4. The van der Waals surface area contributed by atoms with Crippen molar-refractivity contribution in [1.29, 1.82) is 0 Å². The summed E-state index contributed by atoms with van der Waals surface area (Å²) in [5.74, 6) is 0.618. The van der Waals surface area contributed by atoms with Crippen LogP contribution in [0, 0.1) is 19.7 Å². The minimum Gasteiger partial charge on any atom is -0.497 e. The largest absolute Gasteiger partial charge is 0.497 e. The molecular formula is C31H25FN6O3S. The van der Waals surface area contributed by atoms with Crippen LogP contribution in [0.4, 0.5) is 10.1 Å². The summed E-state index contributed by atoms with van der Waals surface area (Å²) < 4.78 is 28.2. The van der Waals surface area contributed by atoms with Crippen LogP contribution in [0.3, 0.4) is 0 Å². The topological polar surface area (TPSA) is 107 Å². The maximum absolute atomic E-state index is 14.0. The first-order valence-corrected chi connectivity index (χ1v) is 13.8. The molecule has 3 aromatic carbocycles. The fourth-order valence-corrected chi connectivity index (χ4v) is 5.12. The summed E-state index contributed by atoms with van der Waals surface area (Å²) in [5.41, 5.74) is 4.77. The Morgan fingerprint density at radius 2 is 1.86 bits per heavy atom. The number of methoxy groups -OCH3 is 1. The quantitative estimate of drug-likeness (QED) is 0.138. The van der Waals surface area contributed by atoms with Gasteiger partial charge < -0.3 is 19.2 Å². The number of hydrogen-bond acceptors (Lipinski definition) is 8. The number of benzene rings is 3. The van der Waals surface area contributed by atoms with E-state index in [0.29, 0.717) is 17.1 Å². The molecule has 0 bridgehead atoms. The van der Waals surface area contributed by atoms with E-state index in [0.717, 1.165) is 38.5 Å². The van der Waals surface area contributed by atoms with Crippen LogP contribution in [0.2, 0.25) is 0 Å². The molecule has 6 aromatic rings. The lowest BCUT2D eigenvalue weighted by Gasteiger charge is -2.09. The number of anilines is 1. The summed E-state index contributed by atoms with van der Waals surface area (Å²) in [6.45, 7) is 3.86. The van der Waals surface area contributed by atoms with Crippen LogP contribution in [0.5, 0.6) is 17.2 Å². The predicted octanol–water partition coefficient (Wildman–Crippen LogP) is 7.05. The second-order valence-corrected chi connectivity index (χ2v) is 10.3. The first-order valence-electron chi connectivity index (χ1n) is 12.9. The molecule has 0 amide bonds. The average Bonchev–Trinajstić information content (AvgIpc) is 3.64. The fraction of sp³-hybridized carbons (Fsp3) is 0.0968. The number of aromatic amines is 1. The number of carbonyl (C=O) groups is 1. The van der Waals surface area contributed by atoms with Gasteiger partial charge in [0.05, 0.1) is 24.7 Å². The van der Waals surface area contributed by atoms with Crippen molar-refractivity contribution in [3.63, 3.8) is 0 Å². The number of para-hydroxylation sites is 1. The van der Waals surface area contributed by atoms with Crippen LogP contribution in [0.1, 0.15) is 27.3 Å². The monoisotopic (exact) mass is 580 g/mol. The van der Waals surface area contributed by atoms with Gasteiger partial charge in [-0.3, -0.25) is 4.79 Å². The number of pyridine rings is 1. The van der Waals surface area contributed by atoms with E-state index >= 15 is 0 Å². The molecule has 3 aromatic heterocycles. The van der Waals surface area contributed by atoms with Crippen molar-refractivity contribution in [2.75, 3.05) is 11.8 Å². The van der Waals surface area contributed by atoms with Gasteiger partial charge in [0.15, 0.2) is 17.3 Å². The van der Waals surface area contributed by atoms with Crippen LogP contribution >= 0.6 is 11.9 Å². The third-order valence-corrected chi connectivity index (χ3v) is 7.34. The van der Waals surface area contributed by atoms with E-state index in [9.17, 15) is 9.18 Å². The van der Waals surface area contributed by atoms with Crippen molar-refractivity contribution in [3.8, 4) is 22.9 Å². The van der Waals surface area contributed by atoms with Crippen molar-refractivity contribution >= 4 is 34.3 Å². The summed E-state index contributed by atoms with van der Waals surface area (Å²) >= 11 is 1.37. The van der Waals surface area contributed by atoms with Gasteiger partial charge in [-0.05, 0) is 79.6 Å². The lowest BCUT2D eigenvalue weighted by Crippen LogP contribution is -2.06. The Labute approximate surface area is 244 Å². The Morgan fingerprint density at radius 1 is 1.00 bits per heavy atom. The number of rotatable bonds is 9. The van der Waals surface area contributed by atoms with Crippen molar-refractivity contribution in [2.24, 2.45) is 0 Å². The second kappa shape index (κ2) is 11.4. The minimum absolute atomic E-state index is 0.138. The number of ether oxygens (including phenoxy) is 2. The van der Waals surface area contributed by atoms with Gasteiger partial charge >= 0.3 is 0 Å². The van der Waals surface area contributed by atoms with Gasteiger partial charge in [-0.15, -0.1) is 5.10 Å². The zero-order valence-corrected chi connectivity index (χ0v) is 23.7. The van der Waals surface area contributed by atoms with Crippen LogP contribution in [-0.2, 0) is 0 Å². The van der Waals surface area contributed by atoms with Crippen LogP contribution < -0.4 is 14.2 Å². The van der Waals surface area contributed by atoms with E-state index in [1.807, 2.05) is 38.1 Å². The molecule has 210 valence electrons. The van der Waals surface area contributed by atoms with Gasteiger partial charge in [0, 0.05) is 40.8 Å². The molecule has 0 radical (unpaired) electrons. The Balaban J connectivity index is 1.19. The molecular weight excluding hydrogens is 555 g/mol. The SMILES string of the molecule is COc1ccnc(SNc2cc3[nH]c(C(=O)c4cnn(-c5ccc(Oc6ccccc6F)cc5C)n4)cc3cc2C)c1. The van der Waals surface area contributed by atoms with Crippen molar-refractivity contribution in [1.82, 2.24) is 25.0 Å². The first-order chi connectivity index (χ1) is 20.4. The van der Waals surface area contributed by atoms with E-state index in [2.05, 4.69) is 24.9 Å². The number of H-pyrrole nitrogens is 1. The summed E-state index contributed by atoms with van der Waals surface area (Å²) in [4.78, 5) is 22.3. The zero-order valence-electron chi connectivity index (χ0n) is 22.9. The number of ketones is 1. The molecule has 0 unspecified atom stereocenters. The number of aromatic nitrogens is 5. The average molecular weight is 581 g/mol. The molecule has 11 heteroatoms. The number of carbonyl (C=O) groups excluding carboxylic acids is 1. The van der Waals surface area contributed by atoms with Gasteiger partial charge in [0.1, 0.15) is 16.5 Å². The molecule has 0 saturated heterocycles. The summed E-state index contributed by atoms with van der Waals surface area (Å²) in [7, 11) is 1.62. The lowest BCUT2D eigenvalue weighted by molar-refractivity contribution is 0.103. The van der Waals surface area contributed by atoms with Crippen LogP contribution in [0.25, 0.3) is 16.6 Å². The molecule has 0 saturated carbocycles. The van der Waals surface area contributed by atoms with E-state index in [4.69, 9.17) is 9.47 Å². The van der Waals surface area contributed by atoms with Gasteiger partial charge in [-0.1, -0.05) is 12.1 Å². The third kappa shape index (κ3) is 5.54. The van der Waals surface area contributed by atoms with Gasteiger partial charge in [-0.25, -0.2) is 9.37 Å². The number of hydrogen-bond donors (Lipinski definition) is 2. The van der Waals surface area contributed by atoms with Gasteiger partial charge in [0.25, 0.3) is 0 Å². The molecule has 0 spiro atoms. The molecule has 0 aliphatic heterocycles. The number of fused-ring (bicyclic) bond motifs is 1. The molecule has 2 N–H and O–H groups in total. The molecule has 9 nitrogen and oxygen atoms in total. The predicted molar refractivity (Wildman–Crippen MR) is 159 cm³/mol. The summed E-state index contributed by atoms with van der Waals surface area (Å²) in [6, 6.07) is 20.9. The van der Waals surface area contributed by atoms with Gasteiger partial charge in [0.2, 0.25) is 5.78 Å². The normalized spacial score (nSPS) is 11.0. The zero-order chi connectivity index (χ0) is 29.2. The number of aryl methyl sites for hydroxylation is 2. The highest BCUT2D eigenvalue weighted by atomic mass is 32.2. The Hall–Kier alpha value is -5.16. The van der Waals surface area contributed by atoms with Gasteiger partial charge in [-0.2, -0.15) is 9.90 Å². The number of nitrogens with one attached hydrogen (secondary N) is 2. The lowest BCUT2D eigenvalue weighted by atomic mass is 10.1. The second-order valence-electron chi connectivity index (χ2n) is 9.50. The highest BCUT2D eigenvalue weighted by molar-refractivity contribution is 8.00. The molecule has 0 aliphatic carbocycles. The molecule has 0 aliphatic rings. The van der Waals surface area contributed by atoms with Crippen molar-refractivity contribution < 1.29 is 18.7 Å². The standard InChI is InChI=1S/C31H25FN6O3S/c1-18-12-20-14-26(35-25(20)16-24(18)37-42-30-15-21(40-3)10-11-33-30)31(39)27-17-34-38(36-27)28-9-8-22(13-19(28)2)41-29-7-5-4-6-23(29)32/h4-17,35,37H,1-3H3. The third-order valence-electron chi connectivity index (χ3n) is 6.59. The van der Waals surface area contributed by atoms with E-state index in [1.165, 1.54) is 29.0 Å². The van der Waals surface area contributed by atoms with Crippen LogP contribution in [-0.4, -0.2) is 37.9 Å². The fourth-order valence-electron chi connectivity index (χ4n) is 4.40. The molecule has 3 heterocycles. The minimum atomic E-state index is -0.444. The number of halogens is 1. The van der Waals surface area contributed by atoms with Crippen LogP contribution in [0.15, 0.2) is 90.2 Å². The van der Waals surface area contributed by atoms with Crippen molar-refractivity contribution in [3.05, 3.63) is 114 Å².